The molecule has 138 valence electrons. The minimum absolute atomic E-state index is 0.119. The summed E-state index contributed by atoms with van der Waals surface area (Å²) in [6.45, 7) is 4.53. The molecule has 26 heavy (non-hydrogen) atoms. The first-order chi connectivity index (χ1) is 12.5. The van der Waals surface area contributed by atoms with Crippen molar-refractivity contribution >= 4 is 17.5 Å². The molecule has 0 fully saturated rings. The van der Waals surface area contributed by atoms with Crippen molar-refractivity contribution in [3.63, 3.8) is 0 Å². The number of methoxy groups -OCH3 is 1. The van der Waals surface area contributed by atoms with Crippen LogP contribution in [0.3, 0.4) is 0 Å². The Bertz CT molecular complexity index is 758. The number of para-hydroxylation sites is 1. The molecule has 2 aromatic rings. The molecule has 0 saturated carbocycles. The van der Waals surface area contributed by atoms with Crippen LogP contribution in [-0.4, -0.2) is 25.5 Å². The molecule has 5 heteroatoms. The molecule has 2 rings (SSSR count). The normalized spacial score (nSPS) is 11.5. The van der Waals surface area contributed by atoms with Crippen molar-refractivity contribution in [2.24, 2.45) is 0 Å². The zero-order valence-electron chi connectivity index (χ0n) is 15.5. The van der Waals surface area contributed by atoms with E-state index in [2.05, 4.69) is 24.5 Å². The van der Waals surface area contributed by atoms with Crippen molar-refractivity contribution in [1.29, 1.82) is 0 Å². The molecule has 0 radical (unpaired) electrons. The van der Waals surface area contributed by atoms with Gasteiger partial charge < -0.3 is 15.4 Å². The molecule has 0 aliphatic heterocycles. The molecule has 0 saturated heterocycles. The molecule has 0 bridgehead atoms. The van der Waals surface area contributed by atoms with Gasteiger partial charge in [-0.05, 0) is 42.2 Å². The van der Waals surface area contributed by atoms with Crippen LogP contribution in [0.1, 0.15) is 48.5 Å². The molecular weight excluding hydrogens is 328 g/mol. The lowest BCUT2D eigenvalue weighted by Crippen LogP contribution is -2.27. The van der Waals surface area contributed by atoms with Gasteiger partial charge in [-0.15, -0.1) is 0 Å². The third-order valence-corrected chi connectivity index (χ3v) is 4.35. The third-order valence-electron chi connectivity index (χ3n) is 4.35. The van der Waals surface area contributed by atoms with E-state index < -0.39 is 0 Å². The van der Waals surface area contributed by atoms with Crippen LogP contribution in [0.5, 0.6) is 5.75 Å². The Morgan fingerprint density at radius 1 is 1.12 bits per heavy atom. The van der Waals surface area contributed by atoms with Crippen LogP contribution in [0.25, 0.3) is 0 Å². The fourth-order valence-electron chi connectivity index (χ4n) is 2.63. The van der Waals surface area contributed by atoms with Gasteiger partial charge in [-0.25, -0.2) is 0 Å². The minimum atomic E-state index is -0.225. The van der Waals surface area contributed by atoms with Crippen LogP contribution >= 0.6 is 0 Å². The van der Waals surface area contributed by atoms with Crippen molar-refractivity contribution in [1.82, 2.24) is 5.32 Å². The first-order valence-electron chi connectivity index (χ1n) is 8.86. The molecule has 0 aliphatic rings. The second kappa shape index (κ2) is 9.61. The monoisotopic (exact) mass is 354 g/mol. The summed E-state index contributed by atoms with van der Waals surface area (Å²) in [5.41, 5.74) is 2.47. The van der Waals surface area contributed by atoms with Crippen LogP contribution in [0.15, 0.2) is 48.5 Å². The van der Waals surface area contributed by atoms with E-state index in [1.54, 1.807) is 31.4 Å². The highest BCUT2D eigenvalue weighted by Crippen LogP contribution is 2.26. The summed E-state index contributed by atoms with van der Waals surface area (Å²) in [6.07, 6.45) is 1.22. The van der Waals surface area contributed by atoms with Crippen molar-refractivity contribution in [3.8, 4) is 5.75 Å². The van der Waals surface area contributed by atoms with Gasteiger partial charge in [0.2, 0.25) is 5.91 Å². The summed E-state index contributed by atoms with van der Waals surface area (Å²) in [4.78, 5) is 24.3. The molecule has 1 unspecified atom stereocenters. The van der Waals surface area contributed by atoms with E-state index in [0.717, 1.165) is 17.7 Å². The van der Waals surface area contributed by atoms with E-state index in [1.165, 1.54) is 0 Å². The molecule has 1 atom stereocenters. The SMILES string of the molecule is CCC(C)c1ccccc1NC(=O)CCNC(=O)c1cccc(OC)c1. The molecular formula is C21H26N2O3. The van der Waals surface area contributed by atoms with Gasteiger partial charge >= 0.3 is 0 Å². The molecule has 0 spiro atoms. The fourth-order valence-corrected chi connectivity index (χ4v) is 2.63. The molecule has 2 aromatic carbocycles. The van der Waals surface area contributed by atoms with Crippen molar-refractivity contribution in [2.75, 3.05) is 19.0 Å². The standard InChI is InChI=1S/C21H26N2O3/c1-4-15(2)18-10-5-6-11-19(18)23-20(24)12-13-22-21(25)16-8-7-9-17(14-16)26-3/h5-11,14-15H,4,12-13H2,1-3H3,(H,22,25)(H,23,24). The second-order valence-corrected chi connectivity index (χ2v) is 6.18. The Morgan fingerprint density at radius 2 is 1.88 bits per heavy atom. The number of carbonyl (C=O) groups is 2. The number of amides is 2. The lowest BCUT2D eigenvalue weighted by Gasteiger charge is -2.15. The Kier molecular flexibility index (Phi) is 7.21. The molecule has 0 heterocycles. The zero-order valence-corrected chi connectivity index (χ0v) is 15.5. The van der Waals surface area contributed by atoms with Crippen LogP contribution < -0.4 is 15.4 Å². The van der Waals surface area contributed by atoms with E-state index in [9.17, 15) is 9.59 Å². The van der Waals surface area contributed by atoms with Gasteiger partial charge in [0.05, 0.1) is 7.11 Å². The maximum absolute atomic E-state index is 12.2. The quantitative estimate of drug-likeness (QED) is 0.754. The van der Waals surface area contributed by atoms with Crippen LogP contribution in [-0.2, 0) is 4.79 Å². The van der Waals surface area contributed by atoms with Gasteiger partial charge in [0.15, 0.2) is 0 Å². The first kappa shape index (κ1) is 19.5. The summed E-state index contributed by atoms with van der Waals surface area (Å²) in [6, 6.07) is 14.7. The Labute approximate surface area is 154 Å². The maximum atomic E-state index is 12.2. The molecule has 2 amide bonds. The predicted molar refractivity (Wildman–Crippen MR) is 104 cm³/mol. The van der Waals surface area contributed by atoms with Crippen molar-refractivity contribution < 1.29 is 14.3 Å². The maximum Gasteiger partial charge on any atom is 0.251 e. The summed E-state index contributed by atoms with van der Waals surface area (Å²) >= 11 is 0. The number of carbonyl (C=O) groups excluding carboxylic acids is 2. The Hall–Kier alpha value is -2.82. The summed E-state index contributed by atoms with van der Waals surface area (Å²) in [7, 11) is 1.55. The summed E-state index contributed by atoms with van der Waals surface area (Å²) in [5.74, 6) is 0.653. The number of anilines is 1. The third kappa shape index (κ3) is 5.34. The van der Waals surface area contributed by atoms with Crippen LogP contribution in [0.2, 0.25) is 0 Å². The van der Waals surface area contributed by atoms with Crippen molar-refractivity contribution in [3.05, 3.63) is 59.7 Å². The number of hydrogen-bond acceptors (Lipinski definition) is 3. The smallest absolute Gasteiger partial charge is 0.251 e. The minimum Gasteiger partial charge on any atom is -0.497 e. The average Bonchev–Trinajstić information content (AvgIpc) is 2.67. The Balaban J connectivity index is 1.87. The molecule has 2 N–H and O–H groups in total. The highest BCUT2D eigenvalue weighted by atomic mass is 16.5. The molecule has 0 aliphatic carbocycles. The highest BCUT2D eigenvalue weighted by Gasteiger charge is 2.12. The highest BCUT2D eigenvalue weighted by molar-refractivity contribution is 5.95. The van der Waals surface area contributed by atoms with E-state index in [4.69, 9.17) is 4.74 Å². The van der Waals surface area contributed by atoms with Crippen molar-refractivity contribution in [2.45, 2.75) is 32.6 Å². The number of nitrogens with one attached hydrogen (secondary N) is 2. The summed E-state index contributed by atoms with van der Waals surface area (Å²) < 4.78 is 5.11. The van der Waals surface area contributed by atoms with E-state index in [0.29, 0.717) is 17.2 Å². The molecule has 5 nitrogen and oxygen atoms in total. The number of benzene rings is 2. The van der Waals surface area contributed by atoms with Crippen LogP contribution in [0.4, 0.5) is 5.69 Å². The number of ether oxygens (including phenoxy) is 1. The lowest BCUT2D eigenvalue weighted by molar-refractivity contribution is -0.116. The van der Waals surface area contributed by atoms with E-state index in [-0.39, 0.29) is 24.8 Å². The second-order valence-electron chi connectivity index (χ2n) is 6.18. The lowest BCUT2D eigenvalue weighted by atomic mass is 9.97. The first-order valence-corrected chi connectivity index (χ1v) is 8.86. The van der Waals surface area contributed by atoms with Gasteiger partial charge in [-0.1, -0.05) is 38.1 Å². The number of rotatable bonds is 8. The fraction of sp³-hybridized carbons (Fsp3) is 0.333. The van der Waals surface area contributed by atoms with Gasteiger partial charge in [0.25, 0.3) is 5.91 Å². The average molecular weight is 354 g/mol. The topological polar surface area (TPSA) is 67.4 Å². The van der Waals surface area contributed by atoms with Crippen LogP contribution in [0, 0.1) is 0 Å². The van der Waals surface area contributed by atoms with Gasteiger partial charge in [-0.3, -0.25) is 9.59 Å². The van der Waals surface area contributed by atoms with Gasteiger partial charge in [0.1, 0.15) is 5.75 Å². The van der Waals surface area contributed by atoms with Gasteiger partial charge in [-0.2, -0.15) is 0 Å². The summed E-state index contributed by atoms with van der Waals surface area (Å²) in [5, 5.41) is 5.71. The van der Waals surface area contributed by atoms with E-state index in [1.807, 2.05) is 24.3 Å². The van der Waals surface area contributed by atoms with Gasteiger partial charge in [0, 0.05) is 24.2 Å². The Morgan fingerprint density at radius 3 is 2.62 bits per heavy atom. The zero-order chi connectivity index (χ0) is 18.9. The predicted octanol–water partition coefficient (Wildman–Crippen LogP) is 3.97. The largest absolute Gasteiger partial charge is 0.497 e. The van der Waals surface area contributed by atoms with E-state index >= 15 is 0 Å². The number of hydrogen-bond donors (Lipinski definition) is 2. The molecule has 0 aromatic heterocycles.